The number of hydrogen-bond donors (Lipinski definition) is 0. The molecular formula is C21H23N3S. The van der Waals surface area contributed by atoms with Crippen LogP contribution in [0.5, 0.6) is 0 Å². The third-order valence-corrected chi connectivity index (χ3v) is 4.89. The average molecular weight is 350 g/mol. The van der Waals surface area contributed by atoms with Crippen LogP contribution in [-0.2, 0) is 6.54 Å². The Bertz CT molecular complexity index is 915. The van der Waals surface area contributed by atoms with Crippen molar-refractivity contribution in [3.05, 3.63) is 65.5 Å². The first kappa shape index (κ1) is 17.4. The molecule has 0 spiro atoms. The van der Waals surface area contributed by atoms with Gasteiger partial charge in [0.1, 0.15) is 0 Å². The molecule has 0 saturated heterocycles. The lowest BCUT2D eigenvalue weighted by atomic mass is 10.1. The van der Waals surface area contributed by atoms with Crippen molar-refractivity contribution in [1.82, 2.24) is 4.57 Å². The summed E-state index contributed by atoms with van der Waals surface area (Å²) in [4.78, 5) is 2.18. The summed E-state index contributed by atoms with van der Waals surface area (Å²) in [7, 11) is 0. The van der Waals surface area contributed by atoms with Gasteiger partial charge in [0, 0.05) is 12.3 Å². The highest BCUT2D eigenvalue weighted by molar-refractivity contribution is 7.13. The van der Waals surface area contributed by atoms with E-state index in [-0.39, 0.29) is 0 Å². The maximum absolute atomic E-state index is 4.53. The van der Waals surface area contributed by atoms with E-state index in [4.69, 9.17) is 0 Å². The molecular weight excluding hydrogens is 326 g/mol. The van der Waals surface area contributed by atoms with Crippen LogP contribution in [0.2, 0.25) is 0 Å². The van der Waals surface area contributed by atoms with E-state index in [0.29, 0.717) is 0 Å². The summed E-state index contributed by atoms with van der Waals surface area (Å²) >= 11 is 1.71. The highest BCUT2D eigenvalue weighted by Gasteiger charge is 2.16. The van der Waals surface area contributed by atoms with Crippen LogP contribution in [0.15, 0.2) is 70.9 Å². The topological polar surface area (TPSA) is 29.6 Å². The molecule has 0 bridgehead atoms. The zero-order valence-corrected chi connectivity index (χ0v) is 15.8. The van der Waals surface area contributed by atoms with Gasteiger partial charge < -0.3 is 4.57 Å². The predicted octanol–water partition coefficient (Wildman–Crippen LogP) is 5.59. The first-order valence-corrected chi connectivity index (χ1v) is 9.41. The normalized spacial score (nSPS) is 11.6. The average Bonchev–Trinajstić information content (AvgIpc) is 3.00. The molecule has 3 nitrogen and oxygen atoms in total. The molecule has 0 aliphatic carbocycles. The number of thiazole rings is 1. The quantitative estimate of drug-likeness (QED) is 0.424. The second-order valence-corrected chi connectivity index (χ2v) is 7.07. The summed E-state index contributed by atoms with van der Waals surface area (Å²) in [6.45, 7) is 7.05. The van der Waals surface area contributed by atoms with E-state index < -0.39 is 0 Å². The SMILES string of the molecule is CCCn1c(-c2ccccc2)c(-c2ccccc2)sc1=NN=C(C)C. The van der Waals surface area contributed by atoms with Crippen LogP contribution in [0.1, 0.15) is 27.2 Å². The van der Waals surface area contributed by atoms with Crippen LogP contribution < -0.4 is 4.80 Å². The van der Waals surface area contributed by atoms with Crippen LogP contribution in [0, 0.1) is 0 Å². The smallest absolute Gasteiger partial charge is 0.211 e. The number of rotatable bonds is 5. The minimum Gasteiger partial charge on any atom is -0.314 e. The molecule has 1 heterocycles. The molecule has 3 aromatic rings. The van der Waals surface area contributed by atoms with E-state index in [0.717, 1.165) is 23.5 Å². The molecule has 0 aliphatic rings. The lowest BCUT2D eigenvalue weighted by Crippen LogP contribution is -2.15. The molecule has 3 rings (SSSR count). The molecule has 0 amide bonds. The van der Waals surface area contributed by atoms with Gasteiger partial charge in [-0.05, 0) is 31.4 Å². The Kier molecular flexibility index (Phi) is 5.61. The monoisotopic (exact) mass is 349 g/mol. The Morgan fingerprint density at radius 2 is 1.52 bits per heavy atom. The van der Waals surface area contributed by atoms with Gasteiger partial charge in [-0.15, -0.1) is 5.10 Å². The van der Waals surface area contributed by atoms with Gasteiger partial charge in [-0.1, -0.05) is 78.9 Å². The molecule has 4 heteroatoms. The number of hydrogen-bond acceptors (Lipinski definition) is 3. The zero-order valence-electron chi connectivity index (χ0n) is 14.9. The summed E-state index contributed by atoms with van der Waals surface area (Å²) in [6, 6.07) is 21.1. The fourth-order valence-electron chi connectivity index (χ4n) is 2.73. The molecule has 0 aliphatic heterocycles. The fraction of sp³-hybridized carbons (Fsp3) is 0.238. The highest BCUT2D eigenvalue weighted by atomic mass is 32.1. The van der Waals surface area contributed by atoms with E-state index >= 15 is 0 Å². The second-order valence-electron chi connectivity index (χ2n) is 6.09. The van der Waals surface area contributed by atoms with Crippen LogP contribution in [0.4, 0.5) is 0 Å². The van der Waals surface area contributed by atoms with E-state index in [1.165, 1.54) is 21.7 Å². The molecule has 0 fully saturated rings. The van der Waals surface area contributed by atoms with Gasteiger partial charge in [0.15, 0.2) is 0 Å². The van der Waals surface area contributed by atoms with Crippen molar-refractivity contribution in [2.75, 3.05) is 0 Å². The summed E-state index contributed by atoms with van der Waals surface area (Å²) < 4.78 is 2.30. The fourth-order valence-corrected chi connectivity index (χ4v) is 3.86. The maximum Gasteiger partial charge on any atom is 0.211 e. The minimum absolute atomic E-state index is 0.921. The van der Waals surface area contributed by atoms with E-state index in [2.05, 4.69) is 82.4 Å². The van der Waals surface area contributed by atoms with Crippen molar-refractivity contribution in [1.29, 1.82) is 0 Å². The highest BCUT2D eigenvalue weighted by Crippen LogP contribution is 2.34. The maximum atomic E-state index is 4.53. The lowest BCUT2D eigenvalue weighted by Gasteiger charge is -2.10. The number of benzene rings is 2. The van der Waals surface area contributed by atoms with Gasteiger partial charge in [-0.2, -0.15) is 5.10 Å². The largest absolute Gasteiger partial charge is 0.314 e. The first-order chi connectivity index (χ1) is 12.2. The van der Waals surface area contributed by atoms with Crippen LogP contribution in [-0.4, -0.2) is 10.3 Å². The molecule has 128 valence electrons. The van der Waals surface area contributed by atoms with Crippen molar-refractivity contribution >= 4 is 17.0 Å². The standard InChI is InChI=1S/C21H23N3S/c1-4-15-24-19(17-11-7-5-8-12-17)20(18-13-9-6-10-14-18)25-21(24)23-22-16(2)3/h5-14H,4,15H2,1-3H3. The minimum atomic E-state index is 0.921. The molecule has 0 unspecified atom stereocenters. The first-order valence-electron chi connectivity index (χ1n) is 8.60. The van der Waals surface area contributed by atoms with Gasteiger partial charge in [0.05, 0.1) is 10.6 Å². The summed E-state index contributed by atoms with van der Waals surface area (Å²) in [5, 5.41) is 8.84. The van der Waals surface area contributed by atoms with Gasteiger partial charge >= 0.3 is 0 Å². The van der Waals surface area contributed by atoms with Gasteiger partial charge in [0.2, 0.25) is 4.80 Å². The van der Waals surface area contributed by atoms with Gasteiger partial charge in [0.25, 0.3) is 0 Å². The predicted molar refractivity (Wildman–Crippen MR) is 108 cm³/mol. The lowest BCUT2D eigenvalue weighted by molar-refractivity contribution is 0.663. The zero-order chi connectivity index (χ0) is 17.6. The molecule has 1 aromatic heterocycles. The summed E-state index contributed by atoms with van der Waals surface area (Å²) in [5.74, 6) is 0. The summed E-state index contributed by atoms with van der Waals surface area (Å²) in [6.07, 6.45) is 1.05. The van der Waals surface area contributed by atoms with Crippen molar-refractivity contribution in [2.45, 2.75) is 33.7 Å². The van der Waals surface area contributed by atoms with Crippen molar-refractivity contribution < 1.29 is 0 Å². The number of nitrogens with zero attached hydrogens (tertiary/aromatic N) is 3. The van der Waals surface area contributed by atoms with E-state index in [1.54, 1.807) is 11.3 Å². The molecule has 25 heavy (non-hydrogen) atoms. The van der Waals surface area contributed by atoms with E-state index in [1.807, 2.05) is 13.8 Å². The van der Waals surface area contributed by atoms with Crippen molar-refractivity contribution in [3.63, 3.8) is 0 Å². The van der Waals surface area contributed by atoms with Crippen LogP contribution in [0.3, 0.4) is 0 Å². The second kappa shape index (κ2) is 8.08. The van der Waals surface area contributed by atoms with Crippen molar-refractivity contribution in [3.8, 4) is 21.7 Å². The van der Waals surface area contributed by atoms with Crippen LogP contribution in [0.25, 0.3) is 21.7 Å². The third kappa shape index (κ3) is 3.97. The Balaban J connectivity index is 2.32. The van der Waals surface area contributed by atoms with Gasteiger partial charge in [-0.25, -0.2) is 0 Å². The molecule has 0 N–H and O–H groups in total. The Hall–Kier alpha value is -2.46. The van der Waals surface area contributed by atoms with Crippen molar-refractivity contribution in [2.24, 2.45) is 10.2 Å². The summed E-state index contributed by atoms with van der Waals surface area (Å²) in [5.41, 5.74) is 4.61. The van der Waals surface area contributed by atoms with Gasteiger partial charge in [-0.3, -0.25) is 0 Å². The molecule has 0 radical (unpaired) electrons. The Morgan fingerprint density at radius 1 is 0.920 bits per heavy atom. The third-order valence-electron chi connectivity index (χ3n) is 3.78. The Morgan fingerprint density at radius 3 is 2.08 bits per heavy atom. The molecule has 2 aromatic carbocycles. The van der Waals surface area contributed by atoms with E-state index in [9.17, 15) is 0 Å². The Labute approximate surface area is 153 Å². The molecule has 0 atom stereocenters. The molecule has 0 saturated carbocycles. The van der Waals surface area contributed by atoms with Crippen LogP contribution >= 0.6 is 11.3 Å². The number of aromatic nitrogens is 1.